The summed E-state index contributed by atoms with van der Waals surface area (Å²) in [5.74, 6) is -1.59. The molecule has 1 aliphatic carbocycles. The number of benzene rings is 2. The van der Waals surface area contributed by atoms with Crippen LogP contribution in [0, 0.1) is 11.3 Å². The second kappa shape index (κ2) is 14.8. The summed E-state index contributed by atoms with van der Waals surface area (Å²) in [7, 11) is 0. The van der Waals surface area contributed by atoms with Crippen molar-refractivity contribution in [1.29, 1.82) is 0 Å². The number of morpholine rings is 1. The number of alkyl halides is 3. The van der Waals surface area contributed by atoms with E-state index in [9.17, 15) is 27.9 Å². The maximum Gasteiger partial charge on any atom is 0.391 e. The Morgan fingerprint density at radius 2 is 1.68 bits per heavy atom. The topological polar surface area (TPSA) is 121 Å². The number of nitrogens with one attached hydrogen (secondary N) is 3. The Bertz CT molecular complexity index is 1720. The molecule has 0 atom stereocenters. The zero-order valence-electron chi connectivity index (χ0n) is 28.9. The van der Waals surface area contributed by atoms with E-state index in [2.05, 4.69) is 16.0 Å². The van der Waals surface area contributed by atoms with Crippen molar-refractivity contribution in [2.75, 3.05) is 36.5 Å². The zero-order valence-corrected chi connectivity index (χ0v) is 30.5. The average Bonchev–Trinajstić information content (AvgIpc) is 3.35. The molecule has 0 unspecified atom stereocenters. The Morgan fingerprint density at radius 3 is 2.28 bits per heavy atom. The van der Waals surface area contributed by atoms with Gasteiger partial charge in [-0.1, -0.05) is 50.0 Å². The molecule has 50 heavy (non-hydrogen) atoms. The minimum Gasteiger partial charge on any atom is -0.389 e. The van der Waals surface area contributed by atoms with Gasteiger partial charge in [-0.25, -0.2) is 4.98 Å². The molecule has 0 radical (unpaired) electrons. The predicted octanol–water partition coefficient (Wildman–Crippen LogP) is 7.21. The molecular weight excluding hydrogens is 696 g/mol. The molecule has 2 fully saturated rings. The standard InChI is InChI=1S/C35H45Cl2F3N6O4/c1-33(2,3)31(48)41-18-20-6-11-24(36)29(28(20)37)44-32-43-25-16-23(30(47)42-22-9-7-21(8-10-22)35(38,39)40)26(45-12-14-50-15-13-45)17-27(25)46(32)19-34(4,5)49/h6,11,16-17,21-22,49H,7-10,12-15,18-19H2,1-5H3,(H,41,48)(H,42,47)(H,43,44)/t21-,22-. The lowest BCUT2D eigenvalue weighted by atomic mass is 9.85. The van der Waals surface area contributed by atoms with E-state index in [1.165, 1.54) is 0 Å². The second-order valence-corrected chi connectivity index (χ2v) is 15.6. The molecule has 2 aliphatic rings. The maximum atomic E-state index is 13.9. The molecule has 1 aliphatic heterocycles. The highest BCUT2D eigenvalue weighted by molar-refractivity contribution is 6.39. The molecule has 15 heteroatoms. The van der Waals surface area contributed by atoms with Gasteiger partial charge in [-0.2, -0.15) is 13.2 Å². The fraction of sp³-hybridized carbons (Fsp3) is 0.571. The number of hydrogen-bond acceptors (Lipinski definition) is 7. The Labute approximate surface area is 300 Å². The fourth-order valence-corrected chi connectivity index (χ4v) is 6.81. The van der Waals surface area contributed by atoms with E-state index in [4.69, 9.17) is 32.9 Å². The van der Waals surface area contributed by atoms with E-state index < -0.39 is 29.0 Å². The highest BCUT2D eigenvalue weighted by atomic mass is 35.5. The zero-order chi connectivity index (χ0) is 36.6. The number of carbonyl (C=O) groups excluding carboxylic acids is 2. The molecule has 0 spiro atoms. The quantitative estimate of drug-likeness (QED) is 0.183. The van der Waals surface area contributed by atoms with Crippen molar-refractivity contribution in [3.05, 3.63) is 45.4 Å². The van der Waals surface area contributed by atoms with Gasteiger partial charge in [0.15, 0.2) is 0 Å². The van der Waals surface area contributed by atoms with Crippen molar-refractivity contribution in [3.8, 4) is 0 Å². The van der Waals surface area contributed by atoms with Crippen LogP contribution in [0.3, 0.4) is 0 Å². The number of halogens is 5. The first-order valence-corrected chi connectivity index (χ1v) is 17.6. The lowest BCUT2D eigenvalue weighted by Crippen LogP contribution is -2.41. The van der Waals surface area contributed by atoms with Crippen LogP contribution in [-0.2, 0) is 22.6 Å². The molecule has 4 N–H and O–H groups in total. The number of hydrogen-bond donors (Lipinski definition) is 4. The van der Waals surface area contributed by atoms with E-state index >= 15 is 0 Å². The number of amides is 2. The number of anilines is 3. The molecular formula is C35H45Cl2F3N6O4. The van der Waals surface area contributed by atoms with Crippen LogP contribution in [0.4, 0.5) is 30.5 Å². The minimum atomic E-state index is -4.24. The van der Waals surface area contributed by atoms with Crippen molar-refractivity contribution in [3.63, 3.8) is 0 Å². The highest BCUT2D eigenvalue weighted by Gasteiger charge is 2.41. The summed E-state index contributed by atoms with van der Waals surface area (Å²) < 4.78 is 47.2. The van der Waals surface area contributed by atoms with Crippen LogP contribution in [0.2, 0.25) is 10.0 Å². The molecule has 1 saturated heterocycles. The largest absolute Gasteiger partial charge is 0.391 e. The highest BCUT2D eigenvalue weighted by Crippen LogP contribution is 2.39. The van der Waals surface area contributed by atoms with Crippen LogP contribution in [0.25, 0.3) is 11.0 Å². The van der Waals surface area contributed by atoms with E-state index in [1.54, 1.807) is 36.6 Å². The molecule has 2 aromatic carbocycles. The Morgan fingerprint density at radius 1 is 1.02 bits per heavy atom. The summed E-state index contributed by atoms with van der Waals surface area (Å²) >= 11 is 13.5. The van der Waals surface area contributed by atoms with Gasteiger partial charge >= 0.3 is 6.18 Å². The van der Waals surface area contributed by atoms with Crippen LogP contribution in [0.15, 0.2) is 24.3 Å². The first-order valence-electron chi connectivity index (χ1n) is 16.8. The molecule has 5 rings (SSSR count). The SMILES string of the molecule is CC(C)(O)Cn1c(Nc2c(Cl)ccc(CNC(=O)C(C)(C)C)c2Cl)nc2cc(C(=O)N[C@H]3CC[C@H](C(F)(F)F)CC3)c(N3CCOCC3)cc21. The number of aliphatic hydroxyl groups is 1. The van der Waals surface area contributed by atoms with Gasteiger partial charge in [0.05, 0.1) is 69.3 Å². The number of imidazole rings is 1. The first kappa shape index (κ1) is 38.0. The van der Waals surface area contributed by atoms with Gasteiger partial charge in [0.25, 0.3) is 5.91 Å². The second-order valence-electron chi connectivity index (χ2n) is 14.8. The Hall–Kier alpha value is -3.26. The van der Waals surface area contributed by atoms with Crippen LogP contribution >= 0.6 is 23.2 Å². The van der Waals surface area contributed by atoms with Crippen LogP contribution in [-0.4, -0.2) is 70.6 Å². The molecule has 1 saturated carbocycles. The molecule has 10 nitrogen and oxygen atoms in total. The van der Waals surface area contributed by atoms with E-state index in [0.29, 0.717) is 70.8 Å². The van der Waals surface area contributed by atoms with Crippen molar-refractivity contribution in [2.45, 2.75) is 91.2 Å². The number of aromatic nitrogens is 2. The van der Waals surface area contributed by atoms with Gasteiger partial charge in [0, 0.05) is 31.1 Å². The van der Waals surface area contributed by atoms with Crippen molar-refractivity contribution < 1.29 is 32.6 Å². The maximum absolute atomic E-state index is 13.9. The minimum absolute atomic E-state index is 0.0323. The van der Waals surface area contributed by atoms with Gasteiger partial charge in [-0.05, 0) is 63.3 Å². The lowest BCUT2D eigenvalue weighted by molar-refractivity contribution is -0.182. The summed E-state index contributed by atoms with van der Waals surface area (Å²) in [6.45, 7) is 11.0. The normalized spacial score (nSPS) is 19.1. The van der Waals surface area contributed by atoms with Gasteiger partial charge < -0.3 is 35.3 Å². The van der Waals surface area contributed by atoms with Crippen molar-refractivity contribution >= 4 is 63.4 Å². The summed E-state index contributed by atoms with van der Waals surface area (Å²) in [4.78, 5) is 33.3. The molecule has 2 amide bonds. The Kier molecular flexibility index (Phi) is 11.2. The lowest BCUT2D eigenvalue weighted by Gasteiger charge is -2.32. The van der Waals surface area contributed by atoms with Crippen LogP contribution in [0.1, 0.15) is 76.2 Å². The first-order chi connectivity index (χ1) is 23.3. The third-order valence-electron chi connectivity index (χ3n) is 9.06. The number of nitrogens with zero attached hydrogens (tertiary/aromatic N) is 3. The van der Waals surface area contributed by atoms with Crippen molar-refractivity contribution in [2.24, 2.45) is 11.3 Å². The molecule has 0 bridgehead atoms. The van der Waals surface area contributed by atoms with E-state index in [1.807, 2.05) is 31.7 Å². The van der Waals surface area contributed by atoms with Crippen LogP contribution < -0.4 is 20.9 Å². The van der Waals surface area contributed by atoms with Crippen LogP contribution in [0.5, 0.6) is 0 Å². The summed E-state index contributed by atoms with van der Waals surface area (Å²) in [6.07, 6.45) is -3.83. The molecule has 1 aromatic heterocycles. The van der Waals surface area contributed by atoms with Gasteiger partial charge in [-0.3, -0.25) is 9.59 Å². The average molecular weight is 742 g/mol. The van der Waals surface area contributed by atoms with Gasteiger partial charge in [-0.15, -0.1) is 0 Å². The monoisotopic (exact) mass is 740 g/mol. The number of rotatable bonds is 9. The molecule has 274 valence electrons. The number of fused-ring (bicyclic) bond motifs is 1. The summed E-state index contributed by atoms with van der Waals surface area (Å²) in [5.41, 5.74) is 1.23. The fourth-order valence-electron chi connectivity index (χ4n) is 6.28. The summed E-state index contributed by atoms with van der Waals surface area (Å²) in [6, 6.07) is 6.53. The third-order valence-corrected chi connectivity index (χ3v) is 9.81. The van der Waals surface area contributed by atoms with Gasteiger partial charge in [0.2, 0.25) is 11.9 Å². The number of carbonyl (C=O) groups is 2. The summed E-state index contributed by atoms with van der Waals surface area (Å²) in [5, 5.41) is 20.7. The van der Waals surface area contributed by atoms with Gasteiger partial charge in [0.1, 0.15) is 0 Å². The van der Waals surface area contributed by atoms with E-state index in [-0.39, 0.29) is 55.7 Å². The molecule has 3 aromatic rings. The molecule has 2 heterocycles. The predicted molar refractivity (Wildman–Crippen MR) is 189 cm³/mol. The Balaban J connectivity index is 1.52. The van der Waals surface area contributed by atoms with Crippen molar-refractivity contribution in [1.82, 2.24) is 20.2 Å². The third kappa shape index (κ3) is 8.96. The number of ether oxygens (including phenoxy) is 1. The smallest absolute Gasteiger partial charge is 0.389 e. The van der Waals surface area contributed by atoms with E-state index in [0.717, 1.165) is 0 Å².